The number of methoxy groups -OCH3 is 1. The molecule has 3 unspecified atom stereocenters. The van der Waals surface area contributed by atoms with Crippen LogP contribution < -0.4 is 15.4 Å². The lowest BCUT2D eigenvalue weighted by atomic mass is 9.98. The number of nitrogens with zero attached hydrogens (tertiary/aromatic N) is 2. The van der Waals surface area contributed by atoms with Crippen molar-refractivity contribution in [3.8, 4) is 5.75 Å². The number of fused-ring (bicyclic) bond motifs is 1. The summed E-state index contributed by atoms with van der Waals surface area (Å²) < 4.78 is 11.2. The molecule has 0 spiro atoms. The van der Waals surface area contributed by atoms with Gasteiger partial charge in [-0.05, 0) is 49.4 Å². The van der Waals surface area contributed by atoms with Crippen LogP contribution in [0.5, 0.6) is 5.75 Å². The number of aliphatic imine (C=N–C) groups is 1. The minimum Gasteiger partial charge on any atom is -0.497 e. The molecule has 2 aliphatic heterocycles. The highest BCUT2D eigenvalue weighted by molar-refractivity contribution is 14.0. The summed E-state index contributed by atoms with van der Waals surface area (Å²) in [5.74, 6) is 2.23. The summed E-state index contributed by atoms with van der Waals surface area (Å²) in [4.78, 5) is 6.91. The lowest BCUT2D eigenvalue weighted by molar-refractivity contribution is -0.0453. The second-order valence-corrected chi connectivity index (χ2v) is 7.59. The van der Waals surface area contributed by atoms with E-state index in [1.165, 1.54) is 24.9 Å². The van der Waals surface area contributed by atoms with Crippen LogP contribution in [0.15, 0.2) is 29.3 Å². The highest BCUT2D eigenvalue weighted by Crippen LogP contribution is 2.22. The van der Waals surface area contributed by atoms with E-state index >= 15 is 0 Å². The lowest BCUT2D eigenvalue weighted by Crippen LogP contribution is -2.51. The van der Waals surface area contributed by atoms with Crippen LogP contribution >= 0.6 is 24.0 Å². The number of ether oxygens (including phenoxy) is 2. The maximum Gasteiger partial charge on any atom is 0.191 e. The molecule has 0 saturated carbocycles. The average molecular weight is 502 g/mol. The normalized spacial score (nSPS) is 23.5. The SMILES string of the molecule is CN=C(NCCC(C)c1ccc(OC)cc1)NCC1CN2CCCC2CO1.I. The molecule has 0 radical (unpaired) electrons. The zero-order valence-electron chi connectivity index (χ0n) is 17.3. The van der Waals surface area contributed by atoms with Crippen LogP contribution in [0, 0.1) is 0 Å². The van der Waals surface area contributed by atoms with Crippen LogP contribution in [-0.2, 0) is 4.74 Å². The van der Waals surface area contributed by atoms with E-state index in [4.69, 9.17) is 9.47 Å². The molecule has 0 bridgehead atoms. The first-order valence-corrected chi connectivity index (χ1v) is 10.1. The number of hydrogen-bond donors (Lipinski definition) is 2. The van der Waals surface area contributed by atoms with E-state index in [-0.39, 0.29) is 30.1 Å². The largest absolute Gasteiger partial charge is 0.497 e. The van der Waals surface area contributed by atoms with E-state index in [9.17, 15) is 0 Å². The summed E-state index contributed by atoms with van der Waals surface area (Å²) in [6.45, 7) is 7.06. The van der Waals surface area contributed by atoms with Crippen molar-refractivity contribution in [3.63, 3.8) is 0 Å². The molecule has 6 nitrogen and oxygen atoms in total. The minimum absolute atomic E-state index is 0. The first-order valence-electron chi connectivity index (χ1n) is 10.1. The first-order chi connectivity index (χ1) is 13.2. The molecular weight excluding hydrogens is 467 g/mol. The van der Waals surface area contributed by atoms with Gasteiger partial charge in [0, 0.05) is 32.7 Å². The van der Waals surface area contributed by atoms with E-state index in [0.29, 0.717) is 12.0 Å². The molecule has 1 aromatic carbocycles. The molecule has 0 aromatic heterocycles. The van der Waals surface area contributed by atoms with Gasteiger partial charge >= 0.3 is 0 Å². The van der Waals surface area contributed by atoms with Gasteiger partial charge in [0.05, 0.1) is 19.8 Å². The third-order valence-corrected chi connectivity index (χ3v) is 5.74. The standard InChI is InChI=1S/C21H34N4O2.HI/c1-16(17-6-8-19(26-3)9-7-17)10-11-23-21(22-2)24-13-20-14-25-12-4-5-18(25)15-27-20;/h6-9,16,18,20H,4-5,10-15H2,1-3H3,(H2,22,23,24);1H. The number of hydrogen-bond acceptors (Lipinski definition) is 4. The Kier molecular flexibility index (Phi) is 9.81. The van der Waals surface area contributed by atoms with Crippen molar-refractivity contribution in [2.24, 2.45) is 4.99 Å². The molecule has 2 heterocycles. The van der Waals surface area contributed by atoms with Crippen molar-refractivity contribution in [1.82, 2.24) is 15.5 Å². The van der Waals surface area contributed by atoms with Crippen molar-refractivity contribution in [3.05, 3.63) is 29.8 Å². The van der Waals surface area contributed by atoms with Crippen LogP contribution in [-0.4, -0.2) is 69.9 Å². The van der Waals surface area contributed by atoms with Crippen molar-refractivity contribution in [1.29, 1.82) is 0 Å². The summed E-state index contributed by atoms with van der Waals surface area (Å²) in [5.41, 5.74) is 1.33. The number of rotatable bonds is 7. The number of guanidine groups is 1. The maximum absolute atomic E-state index is 6.01. The Morgan fingerprint density at radius 3 is 2.82 bits per heavy atom. The monoisotopic (exact) mass is 502 g/mol. The highest BCUT2D eigenvalue weighted by Gasteiger charge is 2.32. The average Bonchev–Trinajstić information content (AvgIpc) is 3.18. The van der Waals surface area contributed by atoms with Crippen LogP contribution in [0.4, 0.5) is 0 Å². The van der Waals surface area contributed by atoms with Gasteiger partial charge in [0.15, 0.2) is 5.96 Å². The van der Waals surface area contributed by atoms with E-state index in [1.54, 1.807) is 7.11 Å². The van der Waals surface area contributed by atoms with E-state index in [2.05, 4.69) is 39.6 Å². The van der Waals surface area contributed by atoms with Crippen LogP contribution in [0.2, 0.25) is 0 Å². The summed E-state index contributed by atoms with van der Waals surface area (Å²) in [5, 5.41) is 6.84. The van der Waals surface area contributed by atoms with Crippen LogP contribution in [0.3, 0.4) is 0 Å². The second-order valence-electron chi connectivity index (χ2n) is 7.59. The molecule has 158 valence electrons. The number of nitrogens with one attached hydrogen (secondary N) is 2. The minimum atomic E-state index is 0. The Labute approximate surface area is 186 Å². The zero-order chi connectivity index (χ0) is 19.1. The van der Waals surface area contributed by atoms with Gasteiger partial charge in [-0.3, -0.25) is 9.89 Å². The molecule has 2 N–H and O–H groups in total. The zero-order valence-corrected chi connectivity index (χ0v) is 19.6. The van der Waals surface area contributed by atoms with Gasteiger partial charge in [-0.15, -0.1) is 24.0 Å². The second kappa shape index (κ2) is 11.8. The van der Waals surface area contributed by atoms with Gasteiger partial charge < -0.3 is 20.1 Å². The Morgan fingerprint density at radius 1 is 1.32 bits per heavy atom. The summed E-state index contributed by atoms with van der Waals surface area (Å²) in [7, 11) is 3.52. The summed E-state index contributed by atoms with van der Waals surface area (Å²) in [6, 6.07) is 8.98. The molecule has 2 aliphatic rings. The van der Waals surface area contributed by atoms with Gasteiger partial charge in [-0.1, -0.05) is 19.1 Å². The predicted molar refractivity (Wildman–Crippen MR) is 125 cm³/mol. The van der Waals surface area contributed by atoms with Crippen LogP contribution in [0.1, 0.15) is 37.7 Å². The summed E-state index contributed by atoms with van der Waals surface area (Å²) >= 11 is 0. The Balaban J connectivity index is 0.00000280. The molecule has 7 heteroatoms. The van der Waals surface area contributed by atoms with E-state index in [0.717, 1.165) is 44.4 Å². The molecule has 3 rings (SSSR count). The number of halogens is 1. The summed E-state index contributed by atoms with van der Waals surface area (Å²) in [6.07, 6.45) is 3.89. The van der Waals surface area contributed by atoms with Crippen molar-refractivity contribution in [2.45, 2.75) is 44.2 Å². The van der Waals surface area contributed by atoms with Crippen molar-refractivity contribution >= 4 is 29.9 Å². The fourth-order valence-corrected chi connectivity index (χ4v) is 3.95. The smallest absolute Gasteiger partial charge is 0.191 e. The lowest BCUT2D eigenvalue weighted by Gasteiger charge is -2.35. The van der Waals surface area contributed by atoms with Gasteiger partial charge in [-0.2, -0.15) is 0 Å². The van der Waals surface area contributed by atoms with Crippen molar-refractivity contribution < 1.29 is 9.47 Å². The molecule has 0 aliphatic carbocycles. The molecule has 0 amide bonds. The first kappa shape index (κ1) is 23.2. The van der Waals surface area contributed by atoms with Gasteiger partial charge in [0.2, 0.25) is 0 Å². The molecule has 2 saturated heterocycles. The fraction of sp³-hybridized carbons (Fsp3) is 0.667. The van der Waals surface area contributed by atoms with E-state index < -0.39 is 0 Å². The quantitative estimate of drug-likeness (QED) is 0.341. The predicted octanol–water partition coefficient (Wildman–Crippen LogP) is 2.84. The Bertz CT molecular complexity index is 611. The molecule has 3 atom stereocenters. The molecular formula is C21H35IN4O2. The van der Waals surface area contributed by atoms with Crippen LogP contribution in [0.25, 0.3) is 0 Å². The Morgan fingerprint density at radius 2 is 2.11 bits per heavy atom. The third-order valence-electron chi connectivity index (χ3n) is 5.74. The fourth-order valence-electron chi connectivity index (χ4n) is 3.95. The molecule has 2 fully saturated rings. The van der Waals surface area contributed by atoms with Gasteiger partial charge in [0.25, 0.3) is 0 Å². The van der Waals surface area contributed by atoms with Gasteiger partial charge in [0.1, 0.15) is 5.75 Å². The number of benzene rings is 1. The van der Waals surface area contributed by atoms with E-state index in [1.807, 2.05) is 19.2 Å². The molecule has 28 heavy (non-hydrogen) atoms. The maximum atomic E-state index is 6.01. The van der Waals surface area contributed by atoms with Gasteiger partial charge in [-0.25, -0.2) is 0 Å². The Hall–Kier alpha value is -1.06. The topological polar surface area (TPSA) is 58.1 Å². The van der Waals surface area contributed by atoms with Crippen molar-refractivity contribution in [2.75, 3.05) is 46.9 Å². The number of morpholine rings is 1. The third kappa shape index (κ3) is 6.49. The molecule has 1 aromatic rings. The highest BCUT2D eigenvalue weighted by atomic mass is 127.